The fraction of sp³-hybridized carbons (Fsp3) is 0.321. The van der Waals surface area contributed by atoms with Crippen molar-refractivity contribution in [3.8, 4) is 11.5 Å². The van der Waals surface area contributed by atoms with Crippen molar-refractivity contribution in [1.82, 2.24) is 4.90 Å². The van der Waals surface area contributed by atoms with E-state index in [1.807, 2.05) is 54.6 Å². The molecule has 3 aliphatic rings. The molecule has 0 aliphatic carbocycles. The fourth-order valence-corrected chi connectivity index (χ4v) is 7.42. The number of nitrogens with zero attached hydrogens (tertiary/aromatic N) is 2. The van der Waals surface area contributed by atoms with E-state index in [1.165, 1.54) is 0 Å². The normalized spacial score (nSPS) is 25.8. The van der Waals surface area contributed by atoms with Crippen LogP contribution in [0.1, 0.15) is 35.4 Å². The Kier molecular flexibility index (Phi) is 6.32. The van der Waals surface area contributed by atoms with E-state index in [0.29, 0.717) is 38.8 Å². The fourth-order valence-electron chi connectivity index (χ4n) is 6.63. The standard InChI is InChI=1S/C28H25BrClN3O5/c1-37-23-14-17(13-20(29)25(23)38-15-16-6-4-7-18(30)12-16)24-22-10-5-11-32(22)28(26(24)33(35)36)19-8-2-3-9-21(19)31-27(28)34/h2-4,6-9,12-14,22,24,26H,5,10-11,15H2,1H3,(H,31,34)/t22-,24+,26+,28-/m0/s1. The highest BCUT2D eigenvalue weighted by atomic mass is 79.9. The van der Waals surface area contributed by atoms with Gasteiger partial charge in [0.15, 0.2) is 17.0 Å². The zero-order valence-corrected chi connectivity index (χ0v) is 22.9. The first kappa shape index (κ1) is 25.2. The van der Waals surface area contributed by atoms with Gasteiger partial charge in [-0.15, -0.1) is 0 Å². The smallest absolute Gasteiger partial charge is 0.256 e. The first-order valence-corrected chi connectivity index (χ1v) is 13.6. The summed E-state index contributed by atoms with van der Waals surface area (Å²) in [5.74, 6) is 0.0907. The topological polar surface area (TPSA) is 93.9 Å². The number of anilines is 1. The number of para-hydroxylation sites is 1. The van der Waals surface area contributed by atoms with E-state index in [1.54, 1.807) is 13.2 Å². The summed E-state index contributed by atoms with van der Waals surface area (Å²) in [5, 5.41) is 16.4. The second-order valence-corrected chi connectivity index (χ2v) is 11.2. The van der Waals surface area contributed by atoms with E-state index < -0.39 is 17.5 Å². The molecule has 2 saturated heterocycles. The summed E-state index contributed by atoms with van der Waals surface area (Å²) in [6.07, 6.45) is 1.63. The van der Waals surface area contributed by atoms with Crippen LogP contribution in [0.2, 0.25) is 5.02 Å². The van der Waals surface area contributed by atoms with E-state index in [-0.39, 0.29) is 23.5 Å². The molecule has 0 saturated carbocycles. The molecule has 1 spiro atoms. The third-order valence-electron chi connectivity index (χ3n) is 8.00. The van der Waals surface area contributed by atoms with Gasteiger partial charge in [-0.1, -0.05) is 41.9 Å². The number of halogens is 2. The molecule has 0 radical (unpaired) electrons. The largest absolute Gasteiger partial charge is 0.493 e. The number of methoxy groups -OCH3 is 1. The van der Waals surface area contributed by atoms with Gasteiger partial charge >= 0.3 is 0 Å². The second-order valence-electron chi connectivity index (χ2n) is 9.88. The second kappa shape index (κ2) is 9.55. The van der Waals surface area contributed by atoms with Crippen LogP contribution in [0.15, 0.2) is 65.1 Å². The van der Waals surface area contributed by atoms with Crippen LogP contribution in [0.5, 0.6) is 11.5 Å². The van der Waals surface area contributed by atoms with Crippen molar-refractivity contribution in [3.63, 3.8) is 0 Å². The van der Waals surface area contributed by atoms with Gasteiger partial charge in [-0.05, 0) is 70.2 Å². The molecule has 8 nitrogen and oxygen atoms in total. The lowest BCUT2D eigenvalue weighted by molar-refractivity contribution is -0.534. The van der Waals surface area contributed by atoms with Crippen molar-refractivity contribution in [3.05, 3.63) is 97.0 Å². The zero-order chi connectivity index (χ0) is 26.6. The average Bonchev–Trinajstić information content (AvgIpc) is 3.56. The van der Waals surface area contributed by atoms with E-state index >= 15 is 0 Å². The van der Waals surface area contributed by atoms with E-state index in [4.69, 9.17) is 21.1 Å². The number of hydrogen-bond donors (Lipinski definition) is 1. The Morgan fingerprint density at radius 1 is 1.21 bits per heavy atom. The summed E-state index contributed by atoms with van der Waals surface area (Å²) in [4.78, 5) is 28.3. The van der Waals surface area contributed by atoms with Gasteiger partial charge in [0, 0.05) is 33.8 Å². The molecule has 10 heteroatoms. The minimum atomic E-state index is -1.37. The summed E-state index contributed by atoms with van der Waals surface area (Å²) in [6.45, 7) is 0.888. The molecule has 196 valence electrons. The average molecular weight is 599 g/mol. The molecule has 4 atom stereocenters. The highest BCUT2D eigenvalue weighted by Crippen LogP contribution is 2.58. The van der Waals surface area contributed by atoms with Crippen molar-refractivity contribution in [2.45, 2.75) is 43.0 Å². The zero-order valence-electron chi connectivity index (χ0n) is 20.5. The summed E-state index contributed by atoms with van der Waals surface area (Å²) in [5.41, 5.74) is 1.58. The molecule has 3 heterocycles. The van der Waals surface area contributed by atoms with Crippen LogP contribution in [-0.2, 0) is 16.9 Å². The van der Waals surface area contributed by atoms with Gasteiger partial charge in [-0.3, -0.25) is 19.8 Å². The number of rotatable bonds is 6. The molecule has 3 aromatic rings. The van der Waals surface area contributed by atoms with Crippen molar-refractivity contribution in [2.24, 2.45) is 0 Å². The van der Waals surface area contributed by atoms with Crippen LogP contribution in [0, 0.1) is 10.1 Å². The molecule has 38 heavy (non-hydrogen) atoms. The molecule has 0 unspecified atom stereocenters. The lowest BCUT2D eigenvalue weighted by atomic mass is 9.77. The highest BCUT2D eigenvalue weighted by Gasteiger charge is 2.73. The molecule has 3 aliphatic heterocycles. The maximum absolute atomic E-state index is 13.7. The Bertz CT molecular complexity index is 1450. The quantitative estimate of drug-likeness (QED) is 0.287. The van der Waals surface area contributed by atoms with Crippen molar-refractivity contribution >= 4 is 39.1 Å². The summed E-state index contributed by atoms with van der Waals surface area (Å²) < 4.78 is 12.4. The van der Waals surface area contributed by atoms with Crippen LogP contribution in [0.25, 0.3) is 0 Å². The van der Waals surface area contributed by atoms with Crippen LogP contribution >= 0.6 is 27.5 Å². The number of nitrogens with one attached hydrogen (secondary N) is 1. The van der Waals surface area contributed by atoms with E-state index in [2.05, 4.69) is 26.1 Å². The van der Waals surface area contributed by atoms with Gasteiger partial charge in [0.2, 0.25) is 0 Å². The minimum Gasteiger partial charge on any atom is -0.493 e. The van der Waals surface area contributed by atoms with Gasteiger partial charge in [-0.25, -0.2) is 0 Å². The first-order valence-electron chi connectivity index (χ1n) is 12.4. The Balaban J connectivity index is 1.43. The highest BCUT2D eigenvalue weighted by molar-refractivity contribution is 9.10. The SMILES string of the molecule is COc1cc([C@@H]2[C@@H]3CCCN3[C@]3(C(=O)Nc4ccccc43)[C@@H]2[N+](=O)[O-])cc(Br)c1OCc1cccc(Cl)c1. The third-order valence-corrected chi connectivity index (χ3v) is 8.83. The number of benzene rings is 3. The van der Waals surface area contributed by atoms with E-state index in [9.17, 15) is 14.9 Å². The molecule has 6 rings (SSSR count). The maximum Gasteiger partial charge on any atom is 0.256 e. The summed E-state index contributed by atoms with van der Waals surface area (Å²) in [6, 6.07) is 17.0. The Morgan fingerprint density at radius 3 is 2.79 bits per heavy atom. The van der Waals surface area contributed by atoms with Crippen molar-refractivity contribution in [1.29, 1.82) is 0 Å². The molecular weight excluding hydrogens is 574 g/mol. The summed E-state index contributed by atoms with van der Waals surface area (Å²) >= 11 is 9.73. The Morgan fingerprint density at radius 2 is 2.03 bits per heavy atom. The lowest BCUT2D eigenvalue weighted by Gasteiger charge is -2.32. The molecule has 3 aromatic carbocycles. The first-order chi connectivity index (χ1) is 18.4. The minimum absolute atomic E-state index is 0.169. The van der Waals surface area contributed by atoms with Gasteiger partial charge in [0.25, 0.3) is 11.9 Å². The van der Waals surface area contributed by atoms with Crippen LogP contribution in [0.3, 0.4) is 0 Å². The predicted octanol–water partition coefficient (Wildman–Crippen LogP) is 5.74. The van der Waals surface area contributed by atoms with Gasteiger partial charge in [0.05, 0.1) is 17.5 Å². The van der Waals surface area contributed by atoms with Gasteiger partial charge < -0.3 is 14.8 Å². The molecule has 0 bridgehead atoms. The number of nitro groups is 1. The Hall–Kier alpha value is -3.14. The van der Waals surface area contributed by atoms with Crippen LogP contribution in [0.4, 0.5) is 5.69 Å². The maximum atomic E-state index is 13.7. The molecule has 1 N–H and O–H groups in total. The van der Waals surface area contributed by atoms with Crippen LogP contribution in [-0.4, -0.2) is 41.5 Å². The number of fused-ring (bicyclic) bond motifs is 4. The number of amides is 1. The summed E-state index contributed by atoms with van der Waals surface area (Å²) in [7, 11) is 1.54. The monoisotopic (exact) mass is 597 g/mol. The predicted molar refractivity (Wildman–Crippen MR) is 146 cm³/mol. The van der Waals surface area contributed by atoms with Gasteiger partial charge in [-0.2, -0.15) is 0 Å². The van der Waals surface area contributed by atoms with E-state index in [0.717, 1.165) is 24.0 Å². The Labute approximate surface area is 233 Å². The molecule has 1 amide bonds. The van der Waals surface area contributed by atoms with Crippen LogP contribution < -0.4 is 14.8 Å². The van der Waals surface area contributed by atoms with Gasteiger partial charge in [0.1, 0.15) is 6.61 Å². The molecule has 2 fully saturated rings. The lowest BCUT2D eigenvalue weighted by Crippen LogP contribution is -2.55. The third kappa shape index (κ3) is 3.71. The molecular formula is C28H25BrClN3O5. The van der Waals surface area contributed by atoms with Crippen molar-refractivity contribution < 1.29 is 19.2 Å². The van der Waals surface area contributed by atoms with Crippen molar-refractivity contribution in [2.75, 3.05) is 19.0 Å². The number of hydrogen-bond acceptors (Lipinski definition) is 6. The number of carbonyl (C=O) groups excluding carboxylic acids is 1. The number of carbonyl (C=O) groups is 1. The molecule has 0 aromatic heterocycles. The number of ether oxygens (including phenoxy) is 2.